The first-order valence-corrected chi connectivity index (χ1v) is 8.99. The maximum absolute atomic E-state index is 13.7. The van der Waals surface area contributed by atoms with Crippen LogP contribution in [0.2, 0.25) is 0 Å². The highest BCUT2D eigenvalue weighted by Gasteiger charge is 2.41. The van der Waals surface area contributed by atoms with Crippen LogP contribution in [0.15, 0.2) is 61.3 Å². The average Bonchev–Trinajstić information content (AvgIpc) is 3.19. The molecule has 0 bridgehead atoms. The number of benzene rings is 1. The fraction of sp³-hybridized carbons (Fsp3) is 0.190. The molecule has 2 aromatic heterocycles. The lowest BCUT2D eigenvalue weighted by molar-refractivity contribution is -0.143. The normalized spacial score (nSPS) is 11.2. The lowest BCUT2D eigenvalue weighted by atomic mass is 10.1. The topological polar surface area (TPSA) is 66.2 Å². The molecule has 3 aromatic rings. The molecule has 0 aliphatic carbocycles. The van der Waals surface area contributed by atoms with Gasteiger partial charge < -0.3 is 9.47 Å². The molecule has 0 unspecified atom stereocenters. The number of halogens is 3. The van der Waals surface area contributed by atoms with E-state index in [0.29, 0.717) is 21.7 Å². The van der Waals surface area contributed by atoms with Crippen molar-refractivity contribution in [3.8, 4) is 22.8 Å². The van der Waals surface area contributed by atoms with Crippen molar-refractivity contribution < 1.29 is 27.4 Å². The molecule has 0 saturated heterocycles. The lowest BCUT2D eigenvalue weighted by Gasteiger charge is -2.13. The molecule has 0 saturated carbocycles. The number of pyridine rings is 1. The molecule has 1 aromatic carbocycles. The summed E-state index contributed by atoms with van der Waals surface area (Å²) in [7, 11) is 0. The third kappa shape index (κ3) is 4.35. The first-order chi connectivity index (χ1) is 14.4. The maximum atomic E-state index is 13.7. The van der Waals surface area contributed by atoms with E-state index in [9.17, 15) is 18.0 Å². The number of esters is 1. The number of ether oxygens (including phenoxy) is 2. The van der Waals surface area contributed by atoms with Gasteiger partial charge in [-0.1, -0.05) is 30.9 Å². The molecular weight excluding hydrogens is 399 g/mol. The van der Waals surface area contributed by atoms with E-state index in [1.807, 2.05) is 0 Å². The van der Waals surface area contributed by atoms with Crippen LogP contribution in [0, 0.1) is 0 Å². The Kier molecular flexibility index (Phi) is 6.20. The molecule has 6 nitrogen and oxygen atoms in total. The van der Waals surface area contributed by atoms with E-state index in [-0.39, 0.29) is 19.0 Å². The Morgan fingerprint density at radius 2 is 1.97 bits per heavy atom. The molecule has 30 heavy (non-hydrogen) atoms. The van der Waals surface area contributed by atoms with E-state index in [1.165, 1.54) is 13.0 Å². The molecule has 0 amide bonds. The van der Waals surface area contributed by atoms with Crippen molar-refractivity contribution in [2.45, 2.75) is 13.1 Å². The number of alkyl halides is 3. The van der Waals surface area contributed by atoms with Gasteiger partial charge in [0.25, 0.3) is 0 Å². The minimum Gasteiger partial charge on any atom is -0.489 e. The first kappa shape index (κ1) is 21.1. The molecule has 0 spiro atoms. The van der Waals surface area contributed by atoms with Gasteiger partial charge in [0.2, 0.25) is 0 Å². The van der Waals surface area contributed by atoms with Gasteiger partial charge in [0.1, 0.15) is 17.9 Å². The van der Waals surface area contributed by atoms with E-state index in [2.05, 4.69) is 16.7 Å². The Morgan fingerprint density at radius 1 is 1.20 bits per heavy atom. The summed E-state index contributed by atoms with van der Waals surface area (Å²) in [6, 6.07) is 11.6. The Morgan fingerprint density at radius 3 is 2.67 bits per heavy atom. The summed E-state index contributed by atoms with van der Waals surface area (Å²) in [4.78, 5) is 16.3. The number of hydrogen-bond donors (Lipinski definition) is 0. The van der Waals surface area contributed by atoms with Gasteiger partial charge in [-0.2, -0.15) is 18.3 Å². The molecule has 156 valence electrons. The summed E-state index contributed by atoms with van der Waals surface area (Å²) in [5.41, 5.74) is -0.950. The molecule has 0 fully saturated rings. The van der Waals surface area contributed by atoms with Crippen LogP contribution in [0.1, 0.15) is 23.0 Å². The number of hydrogen-bond acceptors (Lipinski definition) is 5. The molecule has 2 heterocycles. The average molecular weight is 417 g/mol. The summed E-state index contributed by atoms with van der Waals surface area (Å²) < 4.78 is 52.1. The van der Waals surface area contributed by atoms with E-state index in [4.69, 9.17) is 9.47 Å². The largest absolute Gasteiger partial charge is 0.489 e. The van der Waals surface area contributed by atoms with E-state index >= 15 is 0 Å². The van der Waals surface area contributed by atoms with Gasteiger partial charge in [-0.15, -0.1) is 0 Å². The molecule has 3 rings (SSSR count). The highest BCUT2D eigenvalue weighted by atomic mass is 19.4. The van der Waals surface area contributed by atoms with Crippen molar-refractivity contribution in [1.29, 1.82) is 0 Å². The van der Waals surface area contributed by atoms with Crippen LogP contribution in [0.3, 0.4) is 0 Å². The minimum absolute atomic E-state index is 0.0590. The highest BCUT2D eigenvalue weighted by Crippen LogP contribution is 2.34. The van der Waals surface area contributed by atoms with Crippen LogP contribution < -0.4 is 4.74 Å². The summed E-state index contributed by atoms with van der Waals surface area (Å²) in [5.74, 6) is -0.699. The summed E-state index contributed by atoms with van der Waals surface area (Å²) in [5, 5.41) is 3.75. The predicted molar refractivity (Wildman–Crippen MR) is 103 cm³/mol. The number of nitrogens with zero attached hydrogens (tertiary/aromatic N) is 3. The molecule has 0 N–H and O–H groups in total. The molecule has 9 heteroatoms. The number of aromatic nitrogens is 3. The molecule has 0 aliphatic heterocycles. The Bertz CT molecular complexity index is 1060. The van der Waals surface area contributed by atoms with Crippen LogP contribution in [0.25, 0.3) is 17.1 Å². The van der Waals surface area contributed by atoms with Crippen molar-refractivity contribution in [1.82, 2.24) is 14.8 Å². The third-order valence-corrected chi connectivity index (χ3v) is 4.00. The van der Waals surface area contributed by atoms with E-state index in [0.717, 1.165) is 6.20 Å². The number of para-hydroxylation sites is 1. The standard InChI is InChI=1S/C21H18F3N3O3/c1-3-12-30-17-10-6-5-8-14(17)16-9-7-11-18(26-16)27-19(21(22,23)24)15(13-25-27)20(28)29-4-2/h3,5-11,13H,1,4,12H2,2H3. The zero-order chi connectivity index (χ0) is 21.7. The third-order valence-electron chi connectivity index (χ3n) is 4.00. The van der Waals surface area contributed by atoms with Gasteiger partial charge in [0, 0.05) is 5.56 Å². The van der Waals surface area contributed by atoms with Gasteiger partial charge in [-0.05, 0) is 31.2 Å². The summed E-state index contributed by atoms with van der Waals surface area (Å²) in [6.07, 6.45) is -2.44. The quantitative estimate of drug-likeness (QED) is 0.412. The predicted octanol–water partition coefficient (Wildman–Crippen LogP) is 4.69. The number of carbonyl (C=O) groups is 1. The minimum atomic E-state index is -4.85. The van der Waals surface area contributed by atoms with E-state index in [1.54, 1.807) is 42.5 Å². The van der Waals surface area contributed by atoms with Crippen LogP contribution in [0.4, 0.5) is 13.2 Å². The van der Waals surface area contributed by atoms with Crippen molar-refractivity contribution in [2.24, 2.45) is 0 Å². The first-order valence-electron chi connectivity index (χ1n) is 8.99. The number of rotatable bonds is 7. The molecule has 0 aliphatic rings. The molecular formula is C21H18F3N3O3. The van der Waals surface area contributed by atoms with Gasteiger partial charge in [-0.25, -0.2) is 14.5 Å². The Labute approximate surface area is 170 Å². The van der Waals surface area contributed by atoms with Crippen molar-refractivity contribution >= 4 is 5.97 Å². The second-order valence-electron chi connectivity index (χ2n) is 6.01. The van der Waals surface area contributed by atoms with Crippen molar-refractivity contribution in [2.75, 3.05) is 13.2 Å². The zero-order valence-electron chi connectivity index (χ0n) is 16.0. The van der Waals surface area contributed by atoms with Crippen molar-refractivity contribution in [3.05, 3.63) is 72.6 Å². The van der Waals surface area contributed by atoms with Crippen LogP contribution in [0.5, 0.6) is 5.75 Å². The van der Waals surface area contributed by atoms with Crippen LogP contribution in [-0.2, 0) is 10.9 Å². The summed E-state index contributed by atoms with van der Waals surface area (Å²) >= 11 is 0. The lowest BCUT2D eigenvalue weighted by Crippen LogP contribution is -2.19. The van der Waals surface area contributed by atoms with E-state index < -0.39 is 23.4 Å². The van der Waals surface area contributed by atoms with Crippen LogP contribution in [-0.4, -0.2) is 33.9 Å². The van der Waals surface area contributed by atoms with Gasteiger partial charge in [-0.3, -0.25) is 0 Å². The fourth-order valence-electron chi connectivity index (χ4n) is 2.80. The fourth-order valence-corrected chi connectivity index (χ4v) is 2.80. The van der Waals surface area contributed by atoms with Gasteiger partial charge in [0.05, 0.1) is 18.5 Å². The molecule has 0 radical (unpaired) electrons. The zero-order valence-corrected chi connectivity index (χ0v) is 16.0. The molecule has 0 atom stereocenters. The summed E-state index contributed by atoms with van der Waals surface area (Å²) in [6.45, 7) is 5.31. The van der Waals surface area contributed by atoms with Gasteiger partial charge >= 0.3 is 12.1 Å². The van der Waals surface area contributed by atoms with Gasteiger partial charge in [0.15, 0.2) is 11.5 Å². The second-order valence-corrected chi connectivity index (χ2v) is 6.01. The monoisotopic (exact) mass is 417 g/mol. The van der Waals surface area contributed by atoms with Crippen molar-refractivity contribution in [3.63, 3.8) is 0 Å². The SMILES string of the molecule is C=CCOc1ccccc1-c1cccc(-n2ncc(C(=O)OCC)c2C(F)(F)F)n1. The highest BCUT2D eigenvalue weighted by molar-refractivity contribution is 5.90. The Hall–Kier alpha value is -3.62. The smallest absolute Gasteiger partial charge is 0.434 e. The Balaban J connectivity index is 2.10. The number of carbonyl (C=O) groups excluding carboxylic acids is 1. The van der Waals surface area contributed by atoms with Crippen LogP contribution >= 0.6 is 0 Å². The second kappa shape index (κ2) is 8.81. The maximum Gasteiger partial charge on any atom is 0.434 e.